The molecule has 6 heterocycles. The van der Waals surface area contributed by atoms with E-state index in [0.717, 1.165) is 72.3 Å². The Morgan fingerprint density at radius 2 is 1.97 bits per heavy atom. The standard InChI is InChI=1S/C25H29N5O4/c1-31-23-3-2-19-25(29-23)24-17(15-34-22(24)12-28-19)14-30-5-4-16(13-30)9-26-10-18-8-20-21(11-27-18)33-7-6-32-20/h2-3,8,11-12,16-17,26H,4-7,9-10,13-15H2,1H3/t16-,17?/m0/s1. The van der Waals surface area contributed by atoms with Crippen molar-refractivity contribution in [1.29, 1.82) is 0 Å². The summed E-state index contributed by atoms with van der Waals surface area (Å²) in [5.41, 5.74) is 3.91. The number of rotatable bonds is 7. The number of ether oxygens (including phenoxy) is 4. The van der Waals surface area contributed by atoms with Crippen LogP contribution in [-0.4, -0.2) is 73.0 Å². The van der Waals surface area contributed by atoms with Gasteiger partial charge in [0.05, 0.1) is 37.3 Å². The number of nitrogens with zero attached hydrogens (tertiary/aromatic N) is 4. The van der Waals surface area contributed by atoms with Crippen molar-refractivity contribution in [3.8, 4) is 23.1 Å². The van der Waals surface area contributed by atoms with E-state index in [9.17, 15) is 0 Å². The normalized spacial score (nSPS) is 21.4. The first-order chi connectivity index (χ1) is 16.8. The first-order valence-electron chi connectivity index (χ1n) is 11.9. The summed E-state index contributed by atoms with van der Waals surface area (Å²) in [7, 11) is 1.64. The number of likely N-dealkylation sites (tertiary alicyclic amines) is 1. The largest absolute Gasteiger partial charge is 0.491 e. The van der Waals surface area contributed by atoms with Crippen LogP contribution < -0.4 is 24.3 Å². The second kappa shape index (κ2) is 9.23. The van der Waals surface area contributed by atoms with Gasteiger partial charge in [-0.3, -0.25) is 9.97 Å². The predicted molar refractivity (Wildman–Crippen MR) is 126 cm³/mol. The minimum Gasteiger partial charge on any atom is -0.491 e. The van der Waals surface area contributed by atoms with E-state index in [1.165, 1.54) is 6.42 Å². The van der Waals surface area contributed by atoms with Gasteiger partial charge < -0.3 is 29.2 Å². The molecule has 2 atom stereocenters. The smallest absolute Gasteiger partial charge is 0.213 e. The molecule has 1 unspecified atom stereocenters. The fourth-order valence-electron chi connectivity index (χ4n) is 5.14. The zero-order chi connectivity index (χ0) is 22.9. The number of fused-ring (bicyclic) bond motifs is 4. The Labute approximate surface area is 198 Å². The maximum absolute atomic E-state index is 5.97. The van der Waals surface area contributed by atoms with E-state index in [1.807, 2.05) is 24.4 Å². The Kier molecular flexibility index (Phi) is 5.80. The van der Waals surface area contributed by atoms with Crippen LogP contribution in [0, 0.1) is 5.92 Å². The lowest BCUT2D eigenvalue weighted by Gasteiger charge is -2.20. The van der Waals surface area contributed by atoms with E-state index in [4.69, 9.17) is 18.9 Å². The molecule has 3 aliphatic heterocycles. The summed E-state index contributed by atoms with van der Waals surface area (Å²) < 4.78 is 22.5. The second-order valence-electron chi connectivity index (χ2n) is 9.13. The molecule has 0 bridgehead atoms. The number of hydrogen-bond acceptors (Lipinski definition) is 9. The van der Waals surface area contributed by atoms with Gasteiger partial charge in [0.25, 0.3) is 0 Å². The maximum Gasteiger partial charge on any atom is 0.213 e. The molecule has 0 saturated carbocycles. The van der Waals surface area contributed by atoms with Crippen LogP contribution in [0.25, 0.3) is 11.0 Å². The molecule has 0 aliphatic carbocycles. The van der Waals surface area contributed by atoms with Crippen molar-refractivity contribution in [1.82, 2.24) is 25.2 Å². The SMILES string of the molecule is COc1ccc2ncc3c(c2n1)C(CN1CC[C@@H](CNCc2cc4c(cn2)OCCO4)C1)CO3. The molecule has 0 aromatic carbocycles. The minimum atomic E-state index is 0.286. The molecule has 178 valence electrons. The molecule has 6 rings (SSSR count). The predicted octanol–water partition coefficient (Wildman–Crippen LogP) is 2.39. The summed E-state index contributed by atoms with van der Waals surface area (Å²) in [5.74, 6) is 3.88. The van der Waals surface area contributed by atoms with Crippen molar-refractivity contribution in [2.45, 2.75) is 18.9 Å². The molecule has 3 aromatic heterocycles. The zero-order valence-corrected chi connectivity index (χ0v) is 19.3. The van der Waals surface area contributed by atoms with Crippen LogP contribution in [0.5, 0.6) is 23.1 Å². The minimum absolute atomic E-state index is 0.286. The molecule has 3 aliphatic rings. The Hall–Kier alpha value is -3.17. The maximum atomic E-state index is 5.97. The van der Waals surface area contributed by atoms with Gasteiger partial charge in [0.15, 0.2) is 11.5 Å². The van der Waals surface area contributed by atoms with Crippen molar-refractivity contribution in [3.05, 3.63) is 41.9 Å². The third kappa shape index (κ3) is 4.21. The van der Waals surface area contributed by atoms with Gasteiger partial charge in [0.2, 0.25) is 5.88 Å². The number of pyridine rings is 3. The number of hydrogen-bond donors (Lipinski definition) is 1. The van der Waals surface area contributed by atoms with Crippen LogP contribution in [0.3, 0.4) is 0 Å². The highest BCUT2D eigenvalue weighted by atomic mass is 16.6. The van der Waals surface area contributed by atoms with Gasteiger partial charge in [0.1, 0.15) is 24.5 Å². The number of nitrogens with one attached hydrogen (secondary N) is 1. The van der Waals surface area contributed by atoms with E-state index in [-0.39, 0.29) is 5.92 Å². The molecule has 34 heavy (non-hydrogen) atoms. The van der Waals surface area contributed by atoms with E-state index < -0.39 is 0 Å². The fraction of sp³-hybridized carbons (Fsp3) is 0.480. The molecule has 0 spiro atoms. The van der Waals surface area contributed by atoms with Gasteiger partial charge in [0, 0.05) is 43.2 Å². The molecular weight excluding hydrogens is 434 g/mol. The van der Waals surface area contributed by atoms with Crippen molar-refractivity contribution < 1.29 is 18.9 Å². The second-order valence-corrected chi connectivity index (χ2v) is 9.13. The summed E-state index contributed by atoms with van der Waals surface area (Å²) in [6, 6.07) is 5.79. The Bertz CT molecular complexity index is 1190. The highest BCUT2D eigenvalue weighted by molar-refractivity contribution is 5.81. The average molecular weight is 464 g/mol. The van der Waals surface area contributed by atoms with Crippen molar-refractivity contribution in [3.63, 3.8) is 0 Å². The molecule has 3 aromatic rings. The van der Waals surface area contributed by atoms with Crippen molar-refractivity contribution >= 4 is 11.0 Å². The Morgan fingerprint density at radius 3 is 2.88 bits per heavy atom. The summed E-state index contributed by atoms with van der Waals surface area (Å²) in [5, 5.41) is 3.57. The van der Waals surface area contributed by atoms with Gasteiger partial charge in [-0.2, -0.15) is 0 Å². The lowest BCUT2D eigenvalue weighted by molar-refractivity contribution is 0.170. The summed E-state index contributed by atoms with van der Waals surface area (Å²) in [6.07, 6.45) is 4.77. The topological polar surface area (TPSA) is 90.9 Å². The van der Waals surface area contributed by atoms with Crippen molar-refractivity contribution in [2.24, 2.45) is 5.92 Å². The first kappa shape index (κ1) is 21.4. The summed E-state index contributed by atoms with van der Waals surface area (Å²) >= 11 is 0. The lowest BCUT2D eigenvalue weighted by Crippen LogP contribution is -2.30. The average Bonchev–Trinajstić information content (AvgIpc) is 3.51. The molecule has 1 N–H and O–H groups in total. The van der Waals surface area contributed by atoms with Crippen LogP contribution in [-0.2, 0) is 6.54 Å². The lowest BCUT2D eigenvalue weighted by atomic mass is 9.99. The van der Waals surface area contributed by atoms with E-state index in [0.29, 0.717) is 31.6 Å². The van der Waals surface area contributed by atoms with Gasteiger partial charge in [-0.05, 0) is 31.5 Å². The van der Waals surface area contributed by atoms with Gasteiger partial charge in [-0.1, -0.05) is 0 Å². The molecule has 9 heteroatoms. The zero-order valence-electron chi connectivity index (χ0n) is 19.3. The Balaban J connectivity index is 1.05. The molecule has 1 saturated heterocycles. The highest BCUT2D eigenvalue weighted by Crippen LogP contribution is 2.39. The molecular formula is C25H29N5O4. The van der Waals surface area contributed by atoms with E-state index in [2.05, 4.69) is 25.2 Å². The quantitative estimate of drug-likeness (QED) is 0.567. The fourth-order valence-corrected chi connectivity index (χ4v) is 5.14. The summed E-state index contributed by atoms with van der Waals surface area (Å²) in [6.45, 7) is 6.68. The molecule has 0 radical (unpaired) electrons. The van der Waals surface area contributed by atoms with Crippen LogP contribution >= 0.6 is 0 Å². The third-order valence-electron chi connectivity index (χ3n) is 6.82. The van der Waals surface area contributed by atoms with Crippen molar-refractivity contribution in [2.75, 3.05) is 53.1 Å². The van der Waals surface area contributed by atoms with Crippen LogP contribution in [0.2, 0.25) is 0 Å². The highest BCUT2D eigenvalue weighted by Gasteiger charge is 2.32. The molecule has 1 fully saturated rings. The third-order valence-corrected chi connectivity index (χ3v) is 6.82. The van der Waals surface area contributed by atoms with Gasteiger partial charge in [-0.15, -0.1) is 0 Å². The monoisotopic (exact) mass is 463 g/mol. The van der Waals surface area contributed by atoms with Crippen LogP contribution in [0.1, 0.15) is 23.6 Å². The number of aromatic nitrogens is 3. The number of methoxy groups -OCH3 is 1. The van der Waals surface area contributed by atoms with Crippen LogP contribution in [0.4, 0.5) is 0 Å². The summed E-state index contributed by atoms with van der Waals surface area (Å²) in [4.78, 5) is 16.2. The van der Waals surface area contributed by atoms with Crippen LogP contribution in [0.15, 0.2) is 30.6 Å². The Morgan fingerprint density at radius 1 is 1.09 bits per heavy atom. The molecule has 0 amide bonds. The van der Waals surface area contributed by atoms with Gasteiger partial charge in [-0.25, -0.2) is 4.98 Å². The van der Waals surface area contributed by atoms with E-state index >= 15 is 0 Å². The first-order valence-corrected chi connectivity index (χ1v) is 11.9. The molecule has 9 nitrogen and oxygen atoms in total. The van der Waals surface area contributed by atoms with Gasteiger partial charge >= 0.3 is 0 Å². The van der Waals surface area contributed by atoms with E-state index in [1.54, 1.807) is 13.3 Å².